The monoisotopic (exact) mass is 330 g/mol. The number of rotatable bonds is 2. The molecule has 1 aromatic carbocycles. The van der Waals surface area contributed by atoms with Gasteiger partial charge in [-0.15, -0.1) is 0 Å². The molecule has 2 aliphatic rings. The van der Waals surface area contributed by atoms with Crippen LogP contribution in [-0.2, 0) is 20.9 Å². The molecule has 2 heterocycles. The Hall–Kier alpha value is -2.37. The van der Waals surface area contributed by atoms with Crippen LogP contribution < -0.4 is 0 Å². The lowest BCUT2D eigenvalue weighted by Gasteiger charge is -2.27. The van der Waals surface area contributed by atoms with Crippen molar-refractivity contribution in [3.8, 4) is 0 Å². The number of carbonyl (C=O) groups excluding carboxylic acids is 3. The number of carbonyl (C=O) groups is 3. The summed E-state index contributed by atoms with van der Waals surface area (Å²) in [7, 11) is 0. The van der Waals surface area contributed by atoms with E-state index in [0.717, 1.165) is 5.56 Å². The average molecular weight is 330 g/mol. The lowest BCUT2D eigenvalue weighted by molar-refractivity contribution is -0.141. The summed E-state index contributed by atoms with van der Waals surface area (Å²) in [6.07, 6.45) is -0.0301. The first-order chi connectivity index (χ1) is 11.3. The molecule has 2 saturated heterocycles. The zero-order valence-electron chi connectivity index (χ0n) is 14.2. The first kappa shape index (κ1) is 16.5. The van der Waals surface area contributed by atoms with Crippen molar-refractivity contribution in [2.45, 2.75) is 45.4 Å². The first-order valence-corrected chi connectivity index (χ1v) is 8.17. The number of hydrogen-bond acceptors (Lipinski definition) is 4. The molecule has 128 valence electrons. The van der Waals surface area contributed by atoms with Crippen molar-refractivity contribution in [3.05, 3.63) is 35.9 Å². The fourth-order valence-corrected chi connectivity index (χ4v) is 3.27. The molecule has 6 heteroatoms. The number of amides is 3. The molecule has 0 bridgehead atoms. The Kier molecular flexibility index (Phi) is 4.07. The SMILES string of the molecule is CC(C)(C)OC(=O)N1CCC2C(=O)N(Cc3ccccc3)C(=O)C21. The largest absolute Gasteiger partial charge is 0.444 e. The lowest BCUT2D eigenvalue weighted by atomic mass is 10.0. The number of imide groups is 1. The summed E-state index contributed by atoms with van der Waals surface area (Å²) in [5, 5.41) is 0. The predicted octanol–water partition coefficient (Wildman–Crippen LogP) is 2.18. The van der Waals surface area contributed by atoms with Crippen LogP contribution in [0.2, 0.25) is 0 Å². The van der Waals surface area contributed by atoms with Crippen LogP contribution in [0, 0.1) is 5.92 Å². The Bertz CT molecular complexity index is 665. The van der Waals surface area contributed by atoms with E-state index in [1.165, 1.54) is 9.80 Å². The van der Waals surface area contributed by atoms with Crippen LogP contribution in [0.25, 0.3) is 0 Å². The van der Waals surface area contributed by atoms with Crippen molar-refractivity contribution < 1.29 is 19.1 Å². The summed E-state index contributed by atoms with van der Waals surface area (Å²) in [6.45, 7) is 5.96. The van der Waals surface area contributed by atoms with Gasteiger partial charge in [0.1, 0.15) is 11.6 Å². The average Bonchev–Trinajstić information content (AvgIpc) is 3.03. The third-order valence-corrected chi connectivity index (χ3v) is 4.31. The summed E-state index contributed by atoms with van der Waals surface area (Å²) < 4.78 is 5.37. The van der Waals surface area contributed by atoms with Crippen molar-refractivity contribution in [1.82, 2.24) is 9.80 Å². The highest BCUT2D eigenvalue weighted by molar-refractivity contribution is 6.08. The van der Waals surface area contributed by atoms with Crippen LogP contribution in [0.4, 0.5) is 4.79 Å². The van der Waals surface area contributed by atoms with E-state index in [-0.39, 0.29) is 18.4 Å². The summed E-state index contributed by atoms with van der Waals surface area (Å²) in [6, 6.07) is 8.65. The van der Waals surface area contributed by atoms with E-state index in [2.05, 4.69) is 0 Å². The van der Waals surface area contributed by atoms with Crippen LogP contribution in [0.15, 0.2) is 30.3 Å². The minimum absolute atomic E-state index is 0.195. The van der Waals surface area contributed by atoms with E-state index in [4.69, 9.17) is 4.74 Å². The number of hydrogen-bond donors (Lipinski definition) is 0. The molecule has 6 nitrogen and oxygen atoms in total. The van der Waals surface area contributed by atoms with Gasteiger partial charge in [-0.2, -0.15) is 0 Å². The molecule has 0 aromatic heterocycles. The zero-order chi connectivity index (χ0) is 17.5. The standard InChI is InChI=1S/C18H22N2O4/c1-18(2,3)24-17(23)19-10-9-13-14(19)16(22)20(15(13)21)11-12-7-5-4-6-8-12/h4-8,13-14H,9-11H2,1-3H3. The summed E-state index contributed by atoms with van der Waals surface area (Å²) in [5.74, 6) is -0.953. The summed E-state index contributed by atoms with van der Waals surface area (Å²) >= 11 is 0. The molecule has 24 heavy (non-hydrogen) atoms. The maximum atomic E-state index is 12.7. The van der Waals surface area contributed by atoms with E-state index in [0.29, 0.717) is 13.0 Å². The maximum absolute atomic E-state index is 12.7. The van der Waals surface area contributed by atoms with Crippen molar-refractivity contribution >= 4 is 17.9 Å². The summed E-state index contributed by atoms with van der Waals surface area (Å²) in [5.41, 5.74) is 0.257. The van der Waals surface area contributed by atoms with E-state index < -0.39 is 23.7 Å². The van der Waals surface area contributed by atoms with Gasteiger partial charge in [-0.3, -0.25) is 19.4 Å². The van der Waals surface area contributed by atoms with Gasteiger partial charge in [0.2, 0.25) is 5.91 Å². The predicted molar refractivity (Wildman–Crippen MR) is 86.8 cm³/mol. The van der Waals surface area contributed by atoms with Crippen molar-refractivity contribution in [3.63, 3.8) is 0 Å². The second kappa shape index (κ2) is 5.92. The van der Waals surface area contributed by atoms with E-state index in [1.807, 2.05) is 30.3 Å². The smallest absolute Gasteiger partial charge is 0.410 e. The number of nitrogens with zero attached hydrogens (tertiary/aromatic N) is 2. The highest BCUT2D eigenvalue weighted by Crippen LogP contribution is 2.35. The molecule has 0 saturated carbocycles. The Morgan fingerprint density at radius 1 is 1.17 bits per heavy atom. The molecule has 2 unspecified atom stereocenters. The fraction of sp³-hybridized carbons (Fsp3) is 0.500. The minimum Gasteiger partial charge on any atom is -0.444 e. The van der Waals surface area contributed by atoms with E-state index in [9.17, 15) is 14.4 Å². The van der Waals surface area contributed by atoms with Gasteiger partial charge >= 0.3 is 6.09 Å². The van der Waals surface area contributed by atoms with E-state index in [1.54, 1.807) is 20.8 Å². The summed E-state index contributed by atoms with van der Waals surface area (Å²) in [4.78, 5) is 40.3. The van der Waals surface area contributed by atoms with Gasteiger partial charge in [0.25, 0.3) is 5.91 Å². The van der Waals surface area contributed by atoms with Crippen LogP contribution in [0.5, 0.6) is 0 Å². The highest BCUT2D eigenvalue weighted by Gasteiger charge is 2.55. The molecule has 0 N–H and O–H groups in total. The van der Waals surface area contributed by atoms with Gasteiger partial charge in [-0.25, -0.2) is 4.79 Å². The van der Waals surface area contributed by atoms with Gasteiger partial charge in [0, 0.05) is 6.54 Å². The third-order valence-electron chi connectivity index (χ3n) is 4.31. The molecule has 2 atom stereocenters. The quantitative estimate of drug-likeness (QED) is 0.780. The van der Waals surface area contributed by atoms with Gasteiger partial charge < -0.3 is 4.74 Å². The second-order valence-electron chi connectivity index (χ2n) is 7.26. The van der Waals surface area contributed by atoms with Gasteiger partial charge in [-0.1, -0.05) is 30.3 Å². The molecule has 1 aromatic rings. The molecule has 2 fully saturated rings. The number of likely N-dealkylation sites (tertiary alicyclic amines) is 2. The first-order valence-electron chi connectivity index (χ1n) is 8.17. The molecule has 2 aliphatic heterocycles. The van der Waals surface area contributed by atoms with Crippen molar-refractivity contribution in [2.24, 2.45) is 5.92 Å². The van der Waals surface area contributed by atoms with Gasteiger partial charge in [0.05, 0.1) is 12.5 Å². The fourth-order valence-electron chi connectivity index (χ4n) is 3.27. The van der Waals surface area contributed by atoms with Crippen LogP contribution in [0.3, 0.4) is 0 Å². The van der Waals surface area contributed by atoms with E-state index >= 15 is 0 Å². The Balaban J connectivity index is 1.77. The molecule has 0 radical (unpaired) electrons. The van der Waals surface area contributed by atoms with Crippen molar-refractivity contribution in [2.75, 3.05) is 6.54 Å². The topological polar surface area (TPSA) is 66.9 Å². The molecule has 3 rings (SSSR count). The van der Waals surface area contributed by atoms with Crippen molar-refractivity contribution in [1.29, 1.82) is 0 Å². The molecular formula is C18H22N2O4. The van der Waals surface area contributed by atoms with Gasteiger partial charge in [-0.05, 0) is 32.8 Å². The normalized spacial score (nSPS) is 23.6. The second-order valence-corrected chi connectivity index (χ2v) is 7.26. The Morgan fingerprint density at radius 3 is 2.46 bits per heavy atom. The Morgan fingerprint density at radius 2 is 1.83 bits per heavy atom. The number of ether oxygens (including phenoxy) is 1. The Labute approximate surface area is 141 Å². The molecule has 3 amide bonds. The third kappa shape index (κ3) is 3.00. The van der Waals surface area contributed by atoms with Gasteiger partial charge in [0.15, 0.2) is 0 Å². The van der Waals surface area contributed by atoms with Crippen LogP contribution in [0.1, 0.15) is 32.8 Å². The van der Waals surface area contributed by atoms with Crippen LogP contribution in [-0.4, -0.2) is 45.9 Å². The zero-order valence-corrected chi connectivity index (χ0v) is 14.2. The molecule has 0 spiro atoms. The molecular weight excluding hydrogens is 308 g/mol. The highest BCUT2D eigenvalue weighted by atomic mass is 16.6. The van der Waals surface area contributed by atoms with Crippen LogP contribution >= 0.6 is 0 Å². The molecule has 0 aliphatic carbocycles. The lowest BCUT2D eigenvalue weighted by Crippen LogP contribution is -2.45. The maximum Gasteiger partial charge on any atom is 0.410 e. The number of benzene rings is 1. The minimum atomic E-state index is -0.726. The number of fused-ring (bicyclic) bond motifs is 1.